The molecule has 1 saturated heterocycles. The van der Waals surface area contributed by atoms with Crippen LogP contribution in [0, 0.1) is 5.92 Å². The van der Waals surface area contributed by atoms with Crippen LogP contribution in [-0.4, -0.2) is 55.6 Å². The number of rotatable bonds is 7. The fourth-order valence-corrected chi connectivity index (χ4v) is 3.72. The smallest absolute Gasteiger partial charge is 0.313 e. The first kappa shape index (κ1) is 22.0. The number of morpholine rings is 1. The van der Waals surface area contributed by atoms with Crippen LogP contribution in [0.15, 0.2) is 18.2 Å². The molecule has 6 nitrogen and oxygen atoms in total. The van der Waals surface area contributed by atoms with Gasteiger partial charge in [0.1, 0.15) is 0 Å². The third-order valence-electron chi connectivity index (χ3n) is 4.96. The predicted octanol–water partition coefficient (Wildman–Crippen LogP) is 3.19. The first-order chi connectivity index (χ1) is 13.0. The highest BCUT2D eigenvalue weighted by molar-refractivity contribution is 6.42. The van der Waals surface area contributed by atoms with Crippen LogP contribution < -0.4 is 10.6 Å². The molecule has 1 aliphatic heterocycles. The highest BCUT2D eigenvalue weighted by Crippen LogP contribution is 2.25. The molecule has 0 aliphatic carbocycles. The minimum atomic E-state index is -0.760. The fourth-order valence-electron chi connectivity index (χ4n) is 3.39. The molecule has 0 saturated carbocycles. The Morgan fingerprint density at radius 2 is 1.81 bits per heavy atom. The Labute approximate surface area is 170 Å². The van der Waals surface area contributed by atoms with E-state index in [1.54, 1.807) is 12.1 Å². The Bertz CT molecular complexity index is 647. The first-order valence-corrected chi connectivity index (χ1v) is 10.1. The highest BCUT2D eigenvalue weighted by atomic mass is 35.5. The lowest BCUT2D eigenvalue weighted by molar-refractivity contribution is -0.136. The van der Waals surface area contributed by atoms with E-state index in [0.29, 0.717) is 41.4 Å². The van der Waals surface area contributed by atoms with E-state index >= 15 is 0 Å². The molecule has 0 radical (unpaired) electrons. The number of carbonyl (C=O) groups is 2. The lowest BCUT2D eigenvalue weighted by atomic mass is 9.92. The second-order valence-electron chi connectivity index (χ2n) is 6.58. The molecule has 0 aromatic heterocycles. The number of nitrogens with zero attached hydrogens (tertiary/aromatic N) is 1. The summed E-state index contributed by atoms with van der Waals surface area (Å²) >= 11 is 11.9. The summed E-state index contributed by atoms with van der Waals surface area (Å²) in [4.78, 5) is 26.8. The molecule has 2 rings (SSSR count). The van der Waals surface area contributed by atoms with Crippen LogP contribution in [-0.2, 0) is 14.3 Å². The molecule has 150 valence electrons. The molecular formula is C19H27Cl2N3O3. The van der Waals surface area contributed by atoms with Gasteiger partial charge in [-0.05, 0) is 24.1 Å². The van der Waals surface area contributed by atoms with E-state index in [9.17, 15) is 9.59 Å². The Hall–Kier alpha value is -1.34. The molecule has 0 spiro atoms. The van der Waals surface area contributed by atoms with Crippen molar-refractivity contribution in [2.75, 3.05) is 38.2 Å². The van der Waals surface area contributed by atoms with Crippen molar-refractivity contribution >= 4 is 40.7 Å². The third kappa shape index (κ3) is 6.35. The molecule has 1 heterocycles. The number of hydrogen-bond acceptors (Lipinski definition) is 4. The van der Waals surface area contributed by atoms with Crippen LogP contribution in [0.3, 0.4) is 0 Å². The largest absolute Gasteiger partial charge is 0.379 e. The number of carbonyl (C=O) groups excluding carboxylic acids is 2. The quantitative estimate of drug-likeness (QED) is 0.670. The number of benzene rings is 1. The molecule has 8 heteroatoms. The summed E-state index contributed by atoms with van der Waals surface area (Å²) in [5, 5.41) is 6.03. The van der Waals surface area contributed by atoms with Gasteiger partial charge < -0.3 is 15.4 Å². The summed E-state index contributed by atoms with van der Waals surface area (Å²) in [7, 11) is 0. The molecule has 0 bridgehead atoms. The number of hydrogen-bond donors (Lipinski definition) is 2. The monoisotopic (exact) mass is 415 g/mol. The molecule has 27 heavy (non-hydrogen) atoms. The van der Waals surface area contributed by atoms with Crippen LogP contribution in [0.1, 0.15) is 26.7 Å². The summed E-state index contributed by atoms with van der Waals surface area (Å²) in [6.07, 6.45) is 2.03. The van der Waals surface area contributed by atoms with Crippen molar-refractivity contribution in [2.24, 2.45) is 5.92 Å². The molecule has 1 unspecified atom stereocenters. The number of anilines is 1. The van der Waals surface area contributed by atoms with Crippen molar-refractivity contribution in [3.63, 3.8) is 0 Å². The number of halogens is 2. The van der Waals surface area contributed by atoms with E-state index in [0.717, 1.165) is 25.9 Å². The Balaban J connectivity index is 1.97. The zero-order valence-electron chi connectivity index (χ0n) is 15.8. The van der Waals surface area contributed by atoms with Gasteiger partial charge in [0.05, 0.1) is 23.9 Å². The maximum Gasteiger partial charge on any atom is 0.313 e. The van der Waals surface area contributed by atoms with Gasteiger partial charge >= 0.3 is 11.8 Å². The summed E-state index contributed by atoms with van der Waals surface area (Å²) in [6, 6.07) is 4.87. The lowest BCUT2D eigenvalue weighted by Gasteiger charge is -2.38. The lowest BCUT2D eigenvalue weighted by Crippen LogP contribution is -2.53. The summed E-state index contributed by atoms with van der Waals surface area (Å²) in [5.74, 6) is -1.01. The van der Waals surface area contributed by atoms with Gasteiger partial charge in [-0.3, -0.25) is 14.5 Å². The molecular weight excluding hydrogens is 389 g/mol. The minimum Gasteiger partial charge on any atom is -0.379 e. The minimum absolute atomic E-state index is 0.176. The van der Waals surface area contributed by atoms with E-state index in [4.69, 9.17) is 27.9 Å². The van der Waals surface area contributed by atoms with Crippen molar-refractivity contribution in [1.29, 1.82) is 0 Å². The summed E-state index contributed by atoms with van der Waals surface area (Å²) in [6.45, 7) is 7.77. The van der Waals surface area contributed by atoms with Gasteiger partial charge in [0.15, 0.2) is 0 Å². The number of ether oxygens (including phenoxy) is 1. The summed E-state index contributed by atoms with van der Waals surface area (Å²) < 4.78 is 5.43. The second kappa shape index (κ2) is 10.9. The van der Waals surface area contributed by atoms with Crippen LogP contribution >= 0.6 is 23.2 Å². The van der Waals surface area contributed by atoms with Crippen LogP contribution in [0.4, 0.5) is 5.69 Å². The van der Waals surface area contributed by atoms with Gasteiger partial charge in [-0.1, -0.05) is 49.9 Å². The zero-order chi connectivity index (χ0) is 19.8. The van der Waals surface area contributed by atoms with Crippen LogP contribution in [0.2, 0.25) is 10.0 Å². The van der Waals surface area contributed by atoms with Crippen molar-refractivity contribution in [1.82, 2.24) is 10.2 Å². The predicted molar refractivity (Wildman–Crippen MR) is 108 cm³/mol. The SMILES string of the molecule is CCC(CC)C(CNC(=O)C(=O)Nc1cc(Cl)ccc1Cl)N1CCOCC1. The van der Waals surface area contributed by atoms with Crippen molar-refractivity contribution < 1.29 is 14.3 Å². The van der Waals surface area contributed by atoms with Crippen molar-refractivity contribution in [3.05, 3.63) is 28.2 Å². The standard InChI is InChI=1S/C19H27Cl2N3O3/c1-3-13(4-2)17(24-7-9-27-10-8-24)12-22-18(25)19(26)23-16-11-14(20)5-6-15(16)21/h5-6,11,13,17H,3-4,7-10,12H2,1-2H3,(H,22,25)(H,23,26). The van der Waals surface area contributed by atoms with E-state index < -0.39 is 11.8 Å². The van der Waals surface area contributed by atoms with Crippen molar-refractivity contribution in [3.8, 4) is 0 Å². The number of nitrogens with one attached hydrogen (secondary N) is 2. The van der Waals surface area contributed by atoms with Gasteiger partial charge in [0.25, 0.3) is 0 Å². The Morgan fingerprint density at radius 1 is 1.15 bits per heavy atom. The molecule has 1 atom stereocenters. The first-order valence-electron chi connectivity index (χ1n) is 9.32. The molecule has 1 aromatic carbocycles. The zero-order valence-corrected chi connectivity index (χ0v) is 17.3. The molecule has 2 N–H and O–H groups in total. The molecule has 1 aliphatic rings. The van der Waals surface area contributed by atoms with Gasteiger partial charge in [-0.25, -0.2) is 0 Å². The Morgan fingerprint density at radius 3 is 2.44 bits per heavy atom. The van der Waals surface area contributed by atoms with Crippen LogP contribution in [0.5, 0.6) is 0 Å². The normalized spacial score (nSPS) is 16.2. The number of amides is 2. The van der Waals surface area contributed by atoms with E-state index in [2.05, 4.69) is 29.4 Å². The van der Waals surface area contributed by atoms with Gasteiger partial charge in [-0.2, -0.15) is 0 Å². The van der Waals surface area contributed by atoms with E-state index in [1.165, 1.54) is 6.07 Å². The molecule has 1 aromatic rings. The Kier molecular flexibility index (Phi) is 8.83. The maximum absolute atomic E-state index is 12.3. The van der Waals surface area contributed by atoms with Crippen LogP contribution in [0.25, 0.3) is 0 Å². The average molecular weight is 416 g/mol. The van der Waals surface area contributed by atoms with Gasteiger partial charge in [-0.15, -0.1) is 0 Å². The molecule has 2 amide bonds. The highest BCUT2D eigenvalue weighted by Gasteiger charge is 2.28. The molecule has 1 fully saturated rings. The van der Waals surface area contributed by atoms with E-state index in [1.807, 2.05) is 0 Å². The summed E-state index contributed by atoms with van der Waals surface area (Å²) in [5.41, 5.74) is 0.314. The van der Waals surface area contributed by atoms with E-state index in [-0.39, 0.29) is 6.04 Å². The topological polar surface area (TPSA) is 70.7 Å². The average Bonchev–Trinajstić information content (AvgIpc) is 2.68. The third-order valence-corrected chi connectivity index (χ3v) is 5.53. The van der Waals surface area contributed by atoms with Gasteiger partial charge in [0, 0.05) is 30.7 Å². The van der Waals surface area contributed by atoms with Gasteiger partial charge in [0.2, 0.25) is 0 Å². The fraction of sp³-hybridized carbons (Fsp3) is 0.579. The second-order valence-corrected chi connectivity index (χ2v) is 7.42. The maximum atomic E-state index is 12.3. The van der Waals surface area contributed by atoms with Crippen molar-refractivity contribution in [2.45, 2.75) is 32.7 Å².